The van der Waals surface area contributed by atoms with Crippen LogP contribution in [0, 0.1) is 0 Å². The molecule has 0 atom stereocenters. The Balaban J connectivity index is 1.47. The van der Waals surface area contributed by atoms with E-state index in [1.165, 1.54) is 0 Å². The van der Waals surface area contributed by atoms with Gasteiger partial charge in [-0.3, -0.25) is 14.3 Å². The molecule has 8 nitrogen and oxygen atoms in total. The summed E-state index contributed by atoms with van der Waals surface area (Å²) in [4.78, 5) is 30.7. The molecule has 0 bridgehead atoms. The van der Waals surface area contributed by atoms with Gasteiger partial charge in [0.25, 0.3) is 5.91 Å². The average molecular weight is 409 g/mol. The highest BCUT2D eigenvalue weighted by atomic mass is 16.5. The summed E-state index contributed by atoms with van der Waals surface area (Å²) in [6, 6.07) is 7.98. The molecule has 0 unspecified atom stereocenters. The van der Waals surface area contributed by atoms with E-state index in [9.17, 15) is 9.59 Å². The Bertz CT molecular complexity index is 1070. The van der Waals surface area contributed by atoms with Crippen molar-refractivity contribution in [3.63, 3.8) is 0 Å². The highest BCUT2D eigenvalue weighted by molar-refractivity contribution is 5.94. The number of methoxy groups -OCH3 is 1. The monoisotopic (exact) mass is 409 g/mol. The van der Waals surface area contributed by atoms with E-state index in [1.807, 2.05) is 42.4 Å². The van der Waals surface area contributed by atoms with Crippen LogP contribution in [0.15, 0.2) is 30.5 Å². The smallest absolute Gasteiger partial charge is 0.272 e. The summed E-state index contributed by atoms with van der Waals surface area (Å²) >= 11 is 0. The number of H-pyrrole nitrogens is 1. The molecule has 1 aromatic carbocycles. The summed E-state index contributed by atoms with van der Waals surface area (Å²) in [5.41, 5.74) is 4.30. The van der Waals surface area contributed by atoms with Crippen LogP contribution in [0.3, 0.4) is 0 Å². The minimum absolute atomic E-state index is 0.0562. The molecule has 8 heteroatoms. The molecule has 30 heavy (non-hydrogen) atoms. The van der Waals surface area contributed by atoms with Gasteiger partial charge in [-0.2, -0.15) is 5.10 Å². The molecule has 0 saturated heterocycles. The van der Waals surface area contributed by atoms with E-state index in [0.29, 0.717) is 44.8 Å². The first-order valence-electron chi connectivity index (χ1n) is 10.2. The predicted molar refractivity (Wildman–Crippen MR) is 113 cm³/mol. The van der Waals surface area contributed by atoms with Crippen LogP contribution in [0.5, 0.6) is 0 Å². The maximum Gasteiger partial charge on any atom is 0.272 e. The highest BCUT2D eigenvalue weighted by Gasteiger charge is 2.29. The Labute approximate surface area is 175 Å². The lowest BCUT2D eigenvalue weighted by atomic mass is 10.0. The van der Waals surface area contributed by atoms with Crippen molar-refractivity contribution in [1.82, 2.24) is 25.0 Å². The molecule has 3 heterocycles. The summed E-state index contributed by atoms with van der Waals surface area (Å²) in [5, 5.41) is 8.40. The maximum absolute atomic E-state index is 13.0. The second-order valence-electron chi connectivity index (χ2n) is 7.60. The lowest BCUT2D eigenvalue weighted by Crippen LogP contribution is -2.38. The number of nitrogens with zero attached hydrogens (tertiary/aromatic N) is 3. The summed E-state index contributed by atoms with van der Waals surface area (Å²) < 4.78 is 6.78. The second kappa shape index (κ2) is 8.71. The normalized spacial score (nSPS) is 13.5. The van der Waals surface area contributed by atoms with E-state index in [-0.39, 0.29) is 11.8 Å². The van der Waals surface area contributed by atoms with Gasteiger partial charge in [0.05, 0.1) is 6.42 Å². The van der Waals surface area contributed by atoms with Gasteiger partial charge in [0.1, 0.15) is 0 Å². The predicted octanol–water partition coefficient (Wildman–Crippen LogP) is 1.80. The van der Waals surface area contributed by atoms with Crippen molar-refractivity contribution in [3.05, 3.63) is 53.0 Å². The number of hydrogen-bond acceptors (Lipinski definition) is 4. The zero-order valence-corrected chi connectivity index (χ0v) is 17.4. The molecule has 0 fully saturated rings. The van der Waals surface area contributed by atoms with Crippen molar-refractivity contribution >= 4 is 22.7 Å². The van der Waals surface area contributed by atoms with Gasteiger partial charge in [0.15, 0.2) is 5.69 Å². The van der Waals surface area contributed by atoms with E-state index in [2.05, 4.69) is 15.4 Å². The van der Waals surface area contributed by atoms with E-state index < -0.39 is 0 Å². The van der Waals surface area contributed by atoms with Crippen LogP contribution in [-0.2, 0) is 36.0 Å². The minimum atomic E-state index is -0.200. The lowest BCUT2D eigenvalue weighted by Gasteiger charge is -2.27. The van der Waals surface area contributed by atoms with E-state index >= 15 is 0 Å². The number of para-hydroxylation sites is 1. The van der Waals surface area contributed by atoms with Crippen molar-refractivity contribution in [2.45, 2.75) is 25.8 Å². The Morgan fingerprint density at radius 3 is 2.97 bits per heavy atom. The van der Waals surface area contributed by atoms with Crippen LogP contribution in [-0.4, -0.2) is 58.3 Å². The first-order chi connectivity index (χ1) is 14.6. The highest BCUT2D eigenvalue weighted by Crippen LogP contribution is 2.24. The number of carbonyl (C=O) groups is 2. The molecule has 4 rings (SSSR count). The van der Waals surface area contributed by atoms with Crippen LogP contribution in [0.2, 0.25) is 0 Å². The van der Waals surface area contributed by atoms with E-state index in [1.54, 1.807) is 11.8 Å². The van der Waals surface area contributed by atoms with Crippen molar-refractivity contribution in [1.29, 1.82) is 0 Å². The van der Waals surface area contributed by atoms with Crippen molar-refractivity contribution in [3.8, 4) is 0 Å². The van der Waals surface area contributed by atoms with Crippen LogP contribution >= 0.6 is 0 Å². The van der Waals surface area contributed by atoms with Gasteiger partial charge >= 0.3 is 0 Å². The molecule has 2 N–H and O–H groups in total. The molecule has 2 aromatic heterocycles. The SMILES string of the molecule is COCCCNC(=O)c1nn(C)c2c1CN(C(=O)Cc1c[nH]c3ccccc13)CC2. The number of carbonyl (C=O) groups excluding carboxylic acids is 2. The number of hydrogen-bond donors (Lipinski definition) is 2. The van der Waals surface area contributed by atoms with Crippen molar-refractivity contribution in [2.24, 2.45) is 7.05 Å². The summed E-state index contributed by atoms with van der Waals surface area (Å²) in [6.07, 6.45) is 3.67. The number of aromatic nitrogens is 3. The molecule has 0 saturated carbocycles. The fourth-order valence-electron chi connectivity index (χ4n) is 4.04. The Hall–Kier alpha value is -3.13. The largest absolute Gasteiger partial charge is 0.385 e. The van der Waals surface area contributed by atoms with Gasteiger partial charge in [-0.25, -0.2) is 0 Å². The minimum Gasteiger partial charge on any atom is -0.385 e. The van der Waals surface area contributed by atoms with E-state index in [0.717, 1.165) is 34.1 Å². The molecule has 1 aliphatic rings. The third-order valence-corrected chi connectivity index (χ3v) is 5.64. The fraction of sp³-hybridized carbons (Fsp3) is 0.409. The maximum atomic E-state index is 13.0. The topological polar surface area (TPSA) is 92.2 Å². The number of aryl methyl sites for hydroxylation is 1. The zero-order valence-electron chi connectivity index (χ0n) is 17.4. The number of rotatable bonds is 7. The van der Waals surface area contributed by atoms with Gasteiger partial charge < -0.3 is 19.9 Å². The van der Waals surface area contributed by atoms with Gasteiger partial charge in [-0.15, -0.1) is 0 Å². The number of nitrogens with one attached hydrogen (secondary N) is 2. The van der Waals surface area contributed by atoms with Crippen molar-refractivity contribution < 1.29 is 14.3 Å². The first-order valence-corrected chi connectivity index (χ1v) is 10.2. The Morgan fingerprint density at radius 1 is 1.30 bits per heavy atom. The van der Waals surface area contributed by atoms with Gasteiger partial charge in [0, 0.05) is 75.2 Å². The number of amides is 2. The van der Waals surface area contributed by atoms with Crippen molar-refractivity contribution in [2.75, 3.05) is 26.8 Å². The van der Waals surface area contributed by atoms with E-state index in [4.69, 9.17) is 4.74 Å². The van der Waals surface area contributed by atoms with Crippen LogP contribution < -0.4 is 5.32 Å². The fourth-order valence-corrected chi connectivity index (χ4v) is 4.04. The molecular formula is C22H27N5O3. The second-order valence-corrected chi connectivity index (χ2v) is 7.60. The standard InChI is InChI=1S/C22H27N5O3/c1-26-19-8-10-27(14-17(19)21(25-26)22(29)23-9-5-11-30-2)20(28)12-15-13-24-18-7-4-3-6-16(15)18/h3-4,6-7,13,24H,5,8-12,14H2,1-2H3,(H,23,29). The summed E-state index contributed by atoms with van der Waals surface area (Å²) in [6.45, 7) is 2.16. The molecule has 1 aliphatic heterocycles. The number of ether oxygens (including phenoxy) is 1. The average Bonchev–Trinajstić information content (AvgIpc) is 3.32. The van der Waals surface area contributed by atoms with Crippen LogP contribution in [0.4, 0.5) is 0 Å². The van der Waals surface area contributed by atoms with Crippen LogP contribution in [0.1, 0.15) is 33.7 Å². The molecule has 0 aliphatic carbocycles. The number of benzene rings is 1. The number of aromatic amines is 1. The van der Waals surface area contributed by atoms with Crippen LogP contribution in [0.25, 0.3) is 10.9 Å². The first kappa shape index (κ1) is 20.2. The third-order valence-electron chi connectivity index (χ3n) is 5.64. The molecule has 0 radical (unpaired) electrons. The molecule has 3 aromatic rings. The quantitative estimate of drug-likeness (QED) is 0.582. The molecule has 2 amide bonds. The summed E-state index contributed by atoms with van der Waals surface area (Å²) in [5.74, 6) is -0.144. The van der Waals surface area contributed by atoms with Gasteiger partial charge in [-0.1, -0.05) is 18.2 Å². The molecule has 0 spiro atoms. The summed E-state index contributed by atoms with van der Waals surface area (Å²) in [7, 11) is 3.49. The molecular weight excluding hydrogens is 382 g/mol. The lowest BCUT2D eigenvalue weighted by molar-refractivity contribution is -0.131. The Morgan fingerprint density at radius 2 is 2.13 bits per heavy atom. The van der Waals surface area contributed by atoms with Gasteiger partial charge in [-0.05, 0) is 18.1 Å². The zero-order chi connectivity index (χ0) is 21.1. The Kier molecular flexibility index (Phi) is 5.85. The molecule has 158 valence electrons. The number of fused-ring (bicyclic) bond motifs is 2. The third kappa shape index (κ3) is 3.95. The van der Waals surface area contributed by atoms with Gasteiger partial charge in [0.2, 0.25) is 5.91 Å².